The first-order chi connectivity index (χ1) is 9.63. The molecule has 0 atom stereocenters. The van der Waals surface area contributed by atoms with Gasteiger partial charge in [0.15, 0.2) is 5.75 Å². The first-order valence-electron chi connectivity index (χ1n) is 6.52. The molecule has 0 saturated carbocycles. The van der Waals surface area contributed by atoms with E-state index < -0.39 is 4.92 Å². The first kappa shape index (κ1) is 16.2. The van der Waals surface area contributed by atoms with Gasteiger partial charge in [0.2, 0.25) is 0 Å². The number of anilines is 1. The predicted molar refractivity (Wildman–Crippen MR) is 75.3 cm³/mol. The molecule has 112 valence electrons. The van der Waals surface area contributed by atoms with Gasteiger partial charge >= 0.3 is 5.69 Å². The van der Waals surface area contributed by atoms with E-state index in [1.165, 1.54) is 6.07 Å². The van der Waals surface area contributed by atoms with Crippen molar-refractivity contribution in [3.8, 4) is 5.75 Å². The van der Waals surface area contributed by atoms with Crippen LogP contribution in [0.15, 0.2) is 18.2 Å². The molecule has 0 aliphatic carbocycles. The van der Waals surface area contributed by atoms with Crippen molar-refractivity contribution in [1.29, 1.82) is 0 Å². The van der Waals surface area contributed by atoms with Gasteiger partial charge < -0.3 is 19.8 Å². The lowest BCUT2D eigenvalue weighted by Crippen LogP contribution is -2.29. The highest BCUT2D eigenvalue weighted by Gasteiger charge is 2.17. The number of hydrogen-bond acceptors (Lipinski definition) is 6. The fourth-order valence-electron chi connectivity index (χ4n) is 1.79. The van der Waals surface area contributed by atoms with Crippen molar-refractivity contribution in [2.45, 2.75) is 13.3 Å². The maximum absolute atomic E-state index is 10.9. The van der Waals surface area contributed by atoms with E-state index in [2.05, 4.69) is 0 Å². The number of aliphatic hydroxyl groups excluding tert-OH is 2. The Morgan fingerprint density at radius 2 is 1.95 bits per heavy atom. The van der Waals surface area contributed by atoms with E-state index >= 15 is 0 Å². The summed E-state index contributed by atoms with van der Waals surface area (Å²) in [5.74, 6) is 0.204. The molecule has 0 saturated heterocycles. The van der Waals surface area contributed by atoms with Crippen LogP contribution in [-0.2, 0) is 0 Å². The van der Waals surface area contributed by atoms with Gasteiger partial charge in [0.1, 0.15) is 0 Å². The van der Waals surface area contributed by atoms with Crippen LogP contribution >= 0.6 is 0 Å². The van der Waals surface area contributed by atoms with Crippen LogP contribution in [-0.4, -0.2) is 48.0 Å². The fourth-order valence-corrected chi connectivity index (χ4v) is 1.79. The highest BCUT2D eigenvalue weighted by atomic mass is 16.6. The predicted octanol–water partition coefficient (Wildman–Crippen LogP) is 1.17. The van der Waals surface area contributed by atoms with Crippen LogP contribution in [0.25, 0.3) is 0 Å². The van der Waals surface area contributed by atoms with Crippen LogP contribution in [0.4, 0.5) is 11.4 Å². The highest BCUT2D eigenvalue weighted by molar-refractivity contribution is 5.59. The molecule has 2 N–H and O–H groups in total. The molecule has 20 heavy (non-hydrogen) atoms. The van der Waals surface area contributed by atoms with Crippen molar-refractivity contribution in [2.24, 2.45) is 0 Å². The van der Waals surface area contributed by atoms with Gasteiger partial charge in [0.05, 0.1) is 24.7 Å². The molecule has 1 aromatic rings. The second kappa shape index (κ2) is 8.34. The van der Waals surface area contributed by atoms with Gasteiger partial charge in [-0.2, -0.15) is 0 Å². The summed E-state index contributed by atoms with van der Waals surface area (Å²) in [4.78, 5) is 12.2. The van der Waals surface area contributed by atoms with Crippen LogP contribution in [0, 0.1) is 10.1 Å². The highest BCUT2D eigenvalue weighted by Crippen LogP contribution is 2.31. The SMILES string of the molecule is CCCOc1cc(N(CCO)CCO)ccc1[N+](=O)[O-]. The minimum Gasteiger partial charge on any atom is -0.487 e. The van der Waals surface area contributed by atoms with E-state index in [0.717, 1.165) is 6.42 Å². The Bertz CT molecular complexity index is 433. The molecule has 0 aliphatic rings. The van der Waals surface area contributed by atoms with Crippen molar-refractivity contribution in [2.75, 3.05) is 37.8 Å². The summed E-state index contributed by atoms with van der Waals surface area (Å²) < 4.78 is 5.40. The first-order valence-corrected chi connectivity index (χ1v) is 6.52. The smallest absolute Gasteiger partial charge is 0.311 e. The van der Waals surface area contributed by atoms with Gasteiger partial charge in [-0.15, -0.1) is 0 Å². The Morgan fingerprint density at radius 1 is 1.30 bits per heavy atom. The van der Waals surface area contributed by atoms with Gasteiger partial charge in [-0.3, -0.25) is 10.1 Å². The Balaban J connectivity index is 3.05. The number of rotatable bonds is 9. The molecule has 0 aliphatic heterocycles. The second-order valence-corrected chi connectivity index (χ2v) is 4.19. The molecule has 0 heterocycles. The number of ether oxygens (including phenoxy) is 1. The maximum atomic E-state index is 10.9. The molecule has 7 nitrogen and oxygen atoms in total. The quantitative estimate of drug-likeness (QED) is 0.522. The summed E-state index contributed by atoms with van der Waals surface area (Å²) >= 11 is 0. The lowest BCUT2D eigenvalue weighted by atomic mass is 10.2. The van der Waals surface area contributed by atoms with E-state index in [4.69, 9.17) is 14.9 Å². The third-order valence-corrected chi connectivity index (χ3v) is 2.71. The van der Waals surface area contributed by atoms with Crippen LogP contribution in [0.2, 0.25) is 0 Å². The molecule has 0 amide bonds. The van der Waals surface area contributed by atoms with Gasteiger partial charge in [0.25, 0.3) is 0 Å². The molecule has 0 aromatic heterocycles. The molecular weight excluding hydrogens is 264 g/mol. The van der Waals surface area contributed by atoms with Crippen molar-refractivity contribution >= 4 is 11.4 Å². The molecule has 0 unspecified atom stereocenters. The summed E-state index contributed by atoms with van der Waals surface area (Å²) in [6, 6.07) is 4.53. The minimum absolute atomic E-state index is 0.0673. The zero-order chi connectivity index (χ0) is 15.0. The molecule has 7 heteroatoms. The molecule has 0 bridgehead atoms. The summed E-state index contributed by atoms with van der Waals surface area (Å²) in [6.07, 6.45) is 0.748. The van der Waals surface area contributed by atoms with Crippen molar-refractivity contribution in [3.63, 3.8) is 0 Å². The van der Waals surface area contributed by atoms with Crippen molar-refractivity contribution in [3.05, 3.63) is 28.3 Å². The normalized spacial score (nSPS) is 10.3. The van der Waals surface area contributed by atoms with Crippen LogP contribution in [0.5, 0.6) is 5.75 Å². The zero-order valence-corrected chi connectivity index (χ0v) is 11.5. The lowest BCUT2D eigenvalue weighted by molar-refractivity contribution is -0.385. The third kappa shape index (κ3) is 4.36. The number of hydrogen-bond donors (Lipinski definition) is 2. The largest absolute Gasteiger partial charge is 0.487 e. The number of nitro benzene ring substituents is 1. The Kier molecular flexibility index (Phi) is 6.75. The topological polar surface area (TPSA) is 96.1 Å². The summed E-state index contributed by atoms with van der Waals surface area (Å²) in [5, 5.41) is 29.0. The summed E-state index contributed by atoms with van der Waals surface area (Å²) in [5.41, 5.74) is 0.583. The molecule has 0 fully saturated rings. The van der Waals surface area contributed by atoms with Gasteiger partial charge in [-0.25, -0.2) is 0 Å². The van der Waals surface area contributed by atoms with Crippen molar-refractivity contribution < 1.29 is 19.9 Å². The monoisotopic (exact) mass is 284 g/mol. The Morgan fingerprint density at radius 3 is 2.45 bits per heavy atom. The van der Waals surface area contributed by atoms with Crippen LogP contribution in [0.3, 0.4) is 0 Å². The van der Waals surface area contributed by atoms with Gasteiger partial charge in [-0.1, -0.05) is 6.92 Å². The molecule has 0 radical (unpaired) electrons. The third-order valence-electron chi connectivity index (χ3n) is 2.71. The number of aliphatic hydroxyl groups is 2. The summed E-state index contributed by atoms with van der Waals surface area (Å²) in [7, 11) is 0. The molecular formula is C13H20N2O5. The summed E-state index contributed by atoms with van der Waals surface area (Å²) in [6.45, 7) is 2.85. The average Bonchev–Trinajstić information content (AvgIpc) is 2.44. The molecule has 1 aromatic carbocycles. The zero-order valence-electron chi connectivity index (χ0n) is 11.5. The van der Waals surface area contributed by atoms with E-state index in [0.29, 0.717) is 25.4 Å². The number of benzene rings is 1. The Hall–Kier alpha value is -1.86. The minimum atomic E-state index is -0.489. The van der Waals surface area contributed by atoms with Gasteiger partial charge in [0, 0.05) is 30.9 Å². The second-order valence-electron chi connectivity index (χ2n) is 4.19. The van der Waals surface area contributed by atoms with E-state index in [1.807, 2.05) is 6.92 Å². The molecule has 0 spiro atoms. The van der Waals surface area contributed by atoms with Crippen molar-refractivity contribution in [1.82, 2.24) is 0 Å². The fraction of sp³-hybridized carbons (Fsp3) is 0.538. The molecule has 1 rings (SSSR count). The van der Waals surface area contributed by atoms with Gasteiger partial charge in [-0.05, 0) is 12.5 Å². The van der Waals surface area contributed by atoms with E-state index in [9.17, 15) is 10.1 Å². The maximum Gasteiger partial charge on any atom is 0.311 e. The van der Waals surface area contributed by atoms with Crippen LogP contribution < -0.4 is 9.64 Å². The lowest BCUT2D eigenvalue weighted by Gasteiger charge is -2.23. The average molecular weight is 284 g/mol. The number of nitro groups is 1. The Labute approximate surface area is 117 Å². The standard InChI is InChI=1S/C13H20N2O5/c1-2-9-20-13-10-11(3-4-12(13)15(18)19)14(5-7-16)6-8-17/h3-4,10,16-17H,2,5-9H2,1H3. The van der Waals surface area contributed by atoms with Crippen LogP contribution in [0.1, 0.15) is 13.3 Å². The van der Waals surface area contributed by atoms with E-state index in [-0.39, 0.29) is 24.7 Å². The number of nitrogens with zero attached hydrogens (tertiary/aromatic N) is 2. The van der Waals surface area contributed by atoms with E-state index in [1.54, 1.807) is 17.0 Å².